The molecule has 0 saturated heterocycles. The molecule has 0 heterocycles. The number of amides is 1. The van der Waals surface area contributed by atoms with Crippen molar-refractivity contribution in [2.75, 3.05) is 14.2 Å². The van der Waals surface area contributed by atoms with Crippen molar-refractivity contribution in [3.05, 3.63) is 58.7 Å². The Bertz CT molecular complexity index is 725. The minimum absolute atomic E-state index is 0.0145. The third-order valence-electron chi connectivity index (χ3n) is 4.13. The Kier molecular flexibility index (Phi) is 5.85. The second-order valence-corrected chi connectivity index (χ2v) is 6.00. The van der Waals surface area contributed by atoms with Crippen molar-refractivity contribution in [1.29, 1.82) is 0 Å². The Morgan fingerprint density at radius 3 is 2.46 bits per heavy atom. The van der Waals surface area contributed by atoms with Crippen molar-refractivity contribution >= 4 is 5.91 Å². The number of rotatable bonds is 6. The molecule has 128 valence electrons. The molecule has 0 aliphatic carbocycles. The van der Waals surface area contributed by atoms with Gasteiger partial charge in [-0.25, -0.2) is 0 Å². The van der Waals surface area contributed by atoms with Crippen LogP contribution in [0.15, 0.2) is 36.4 Å². The van der Waals surface area contributed by atoms with Crippen LogP contribution in [0.25, 0.3) is 0 Å². The SMILES string of the molecule is COc1ccc(OC)c(C(C)NC(=O)Cc2ccc(C)cc2C)c1. The fourth-order valence-electron chi connectivity index (χ4n) is 2.77. The second-order valence-electron chi connectivity index (χ2n) is 6.00. The highest BCUT2D eigenvalue weighted by Crippen LogP contribution is 2.29. The first-order valence-electron chi connectivity index (χ1n) is 8.02. The smallest absolute Gasteiger partial charge is 0.224 e. The fourth-order valence-corrected chi connectivity index (χ4v) is 2.77. The molecule has 0 radical (unpaired) electrons. The van der Waals surface area contributed by atoms with Gasteiger partial charge in [0.15, 0.2) is 0 Å². The zero-order valence-electron chi connectivity index (χ0n) is 15.0. The molecule has 1 unspecified atom stereocenters. The lowest BCUT2D eigenvalue weighted by Gasteiger charge is -2.18. The molecule has 0 aliphatic rings. The van der Waals surface area contributed by atoms with E-state index in [-0.39, 0.29) is 11.9 Å². The van der Waals surface area contributed by atoms with Crippen LogP contribution in [0.5, 0.6) is 11.5 Å². The van der Waals surface area contributed by atoms with E-state index in [0.717, 1.165) is 28.2 Å². The summed E-state index contributed by atoms with van der Waals surface area (Å²) in [6.07, 6.45) is 0.364. The van der Waals surface area contributed by atoms with E-state index in [1.807, 2.05) is 51.1 Å². The van der Waals surface area contributed by atoms with Gasteiger partial charge in [-0.1, -0.05) is 23.8 Å². The summed E-state index contributed by atoms with van der Waals surface area (Å²) in [6, 6.07) is 11.5. The van der Waals surface area contributed by atoms with Crippen LogP contribution in [-0.2, 0) is 11.2 Å². The van der Waals surface area contributed by atoms with Gasteiger partial charge >= 0.3 is 0 Å². The van der Waals surface area contributed by atoms with Crippen molar-refractivity contribution in [3.63, 3.8) is 0 Å². The first kappa shape index (κ1) is 17.9. The first-order chi connectivity index (χ1) is 11.4. The van der Waals surface area contributed by atoms with Gasteiger partial charge in [-0.2, -0.15) is 0 Å². The fraction of sp³-hybridized carbons (Fsp3) is 0.350. The highest BCUT2D eigenvalue weighted by Gasteiger charge is 2.16. The van der Waals surface area contributed by atoms with Gasteiger partial charge in [0.05, 0.1) is 26.7 Å². The van der Waals surface area contributed by atoms with Crippen molar-refractivity contribution in [1.82, 2.24) is 5.32 Å². The Morgan fingerprint density at radius 1 is 1.08 bits per heavy atom. The average molecular weight is 327 g/mol. The van der Waals surface area contributed by atoms with Crippen LogP contribution < -0.4 is 14.8 Å². The van der Waals surface area contributed by atoms with Gasteiger partial charge in [-0.15, -0.1) is 0 Å². The maximum Gasteiger partial charge on any atom is 0.224 e. The number of nitrogens with one attached hydrogen (secondary N) is 1. The Hall–Kier alpha value is -2.49. The van der Waals surface area contributed by atoms with Crippen LogP contribution in [0.4, 0.5) is 0 Å². The Labute approximate surface area is 143 Å². The van der Waals surface area contributed by atoms with E-state index in [9.17, 15) is 4.79 Å². The highest BCUT2D eigenvalue weighted by molar-refractivity contribution is 5.79. The quantitative estimate of drug-likeness (QED) is 0.879. The number of carbonyl (C=O) groups excluding carboxylic acids is 1. The zero-order chi connectivity index (χ0) is 17.7. The van der Waals surface area contributed by atoms with Crippen LogP contribution >= 0.6 is 0 Å². The Balaban J connectivity index is 2.11. The molecule has 0 fully saturated rings. The molecule has 2 aromatic rings. The van der Waals surface area contributed by atoms with Gasteiger partial charge in [0.25, 0.3) is 0 Å². The predicted octanol–water partition coefficient (Wildman–Crippen LogP) is 3.74. The highest BCUT2D eigenvalue weighted by atomic mass is 16.5. The van der Waals surface area contributed by atoms with Gasteiger partial charge in [-0.3, -0.25) is 4.79 Å². The molecule has 0 saturated carbocycles. The third kappa shape index (κ3) is 4.28. The third-order valence-corrected chi connectivity index (χ3v) is 4.13. The number of hydrogen-bond acceptors (Lipinski definition) is 3. The van der Waals surface area contributed by atoms with Crippen molar-refractivity contribution in [3.8, 4) is 11.5 Å². The number of benzene rings is 2. The summed E-state index contributed by atoms with van der Waals surface area (Å²) < 4.78 is 10.7. The summed E-state index contributed by atoms with van der Waals surface area (Å²) >= 11 is 0. The van der Waals surface area contributed by atoms with Crippen LogP contribution in [0.1, 0.15) is 35.2 Å². The number of carbonyl (C=O) groups is 1. The molecular weight excluding hydrogens is 302 g/mol. The van der Waals surface area contributed by atoms with E-state index < -0.39 is 0 Å². The van der Waals surface area contributed by atoms with Gasteiger partial charge in [-0.05, 0) is 50.1 Å². The van der Waals surface area contributed by atoms with E-state index in [0.29, 0.717) is 6.42 Å². The van der Waals surface area contributed by atoms with Gasteiger partial charge in [0, 0.05) is 5.56 Å². The largest absolute Gasteiger partial charge is 0.497 e. The molecule has 0 spiro atoms. The van der Waals surface area contributed by atoms with Crippen molar-refractivity contribution in [2.45, 2.75) is 33.2 Å². The van der Waals surface area contributed by atoms with E-state index >= 15 is 0 Å². The van der Waals surface area contributed by atoms with Gasteiger partial charge in [0.2, 0.25) is 5.91 Å². The number of aryl methyl sites for hydroxylation is 2. The lowest BCUT2D eigenvalue weighted by Crippen LogP contribution is -2.28. The van der Waals surface area contributed by atoms with Crippen LogP contribution in [0.2, 0.25) is 0 Å². The molecule has 1 N–H and O–H groups in total. The molecule has 2 aromatic carbocycles. The summed E-state index contributed by atoms with van der Waals surface area (Å²) in [4.78, 5) is 12.4. The monoisotopic (exact) mass is 327 g/mol. The summed E-state index contributed by atoms with van der Waals surface area (Å²) in [5.41, 5.74) is 4.27. The Morgan fingerprint density at radius 2 is 1.83 bits per heavy atom. The maximum absolute atomic E-state index is 12.4. The predicted molar refractivity (Wildman–Crippen MR) is 95.7 cm³/mol. The number of ether oxygens (including phenoxy) is 2. The minimum atomic E-state index is -0.173. The summed E-state index contributed by atoms with van der Waals surface area (Å²) in [6.45, 7) is 6.02. The zero-order valence-corrected chi connectivity index (χ0v) is 15.0. The van der Waals surface area contributed by atoms with Crippen molar-refractivity contribution < 1.29 is 14.3 Å². The van der Waals surface area contributed by atoms with E-state index in [4.69, 9.17) is 9.47 Å². The summed E-state index contributed by atoms with van der Waals surface area (Å²) in [5.74, 6) is 1.45. The topological polar surface area (TPSA) is 47.6 Å². The van der Waals surface area contributed by atoms with Crippen LogP contribution in [0.3, 0.4) is 0 Å². The number of methoxy groups -OCH3 is 2. The molecule has 4 nitrogen and oxygen atoms in total. The van der Waals surface area contributed by atoms with Crippen LogP contribution in [0, 0.1) is 13.8 Å². The lowest BCUT2D eigenvalue weighted by atomic mass is 10.0. The molecule has 4 heteroatoms. The molecule has 0 aromatic heterocycles. The molecule has 2 rings (SSSR count). The van der Waals surface area contributed by atoms with Gasteiger partial charge < -0.3 is 14.8 Å². The van der Waals surface area contributed by atoms with Crippen LogP contribution in [-0.4, -0.2) is 20.1 Å². The standard InChI is InChI=1S/C20H25NO3/c1-13-6-7-16(14(2)10-13)11-20(22)21-15(3)18-12-17(23-4)8-9-19(18)24-5/h6-10,12,15H,11H2,1-5H3,(H,21,22). The normalized spacial score (nSPS) is 11.7. The summed E-state index contributed by atoms with van der Waals surface area (Å²) in [5, 5.41) is 3.04. The average Bonchev–Trinajstić information content (AvgIpc) is 2.56. The summed E-state index contributed by atoms with van der Waals surface area (Å²) in [7, 11) is 3.24. The maximum atomic E-state index is 12.4. The first-order valence-corrected chi connectivity index (χ1v) is 8.02. The van der Waals surface area contributed by atoms with Crippen molar-refractivity contribution in [2.24, 2.45) is 0 Å². The second kappa shape index (κ2) is 7.86. The molecular formula is C20H25NO3. The van der Waals surface area contributed by atoms with E-state index in [1.165, 1.54) is 5.56 Å². The molecule has 1 amide bonds. The minimum Gasteiger partial charge on any atom is -0.497 e. The molecule has 0 aliphatic heterocycles. The molecule has 1 atom stereocenters. The molecule has 0 bridgehead atoms. The number of hydrogen-bond donors (Lipinski definition) is 1. The van der Waals surface area contributed by atoms with E-state index in [1.54, 1.807) is 14.2 Å². The van der Waals surface area contributed by atoms with E-state index in [2.05, 4.69) is 11.4 Å². The van der Waals surface area contributed by atoms with Gasteiger partial charge in [0.1, 0.15) is 11.5 Å². The lowest BCUT2D eigenvalue weighted by molar-refractivity contribution is -0.121. The molecule has 24 heavy (non-hydrogen) atoms.